The molecule has 3 aromatic rings. The second-order valence-electron chi connectivity index (χ2n) is 9.36. The SMILES string of the molecule is CC1C=CC=C2CC(NCc3ccc(C(=O)Nc4cc(-c5ccccc5)ccc4O)cc3)CC21. The van der Waals surface area contributed by atoms with Crippen LogP contribution >= 0.6 is 0 Å². The first kappa shape index (κ1) is 22.2. The van der Waals surface area contributed by atoms with Crippen molar-refractivity contribution in [3.8, 4) is 16.9 Å². The van der Waals surface area contributed by atoms with E-state index in [0.717, 1.165) is 29.7 Å². The van der Waals surface area contributed by atoms with Gasteiger partial charge >= 0.3 is 0 Å². The maximum atomic E-state index is 12.8. The van der Waals surface area contributed by atoms with Gasteiger partial charge in [0.15, 0.2) is 0 Å². The van der Waals surface area contributed by atoms with Crippen molar-refractivity contribution in [2.45, 2.75) is 32.4 Å². The van der Waals surface area contributed by atoms with Crippen LogP contribution in [0.5, 0.6) is 5.75 Å². The minimum atomic E-state index is -0.242. The number of anilines is 1. The fourth-order valence-electron chi connectivity index (χ4n) is 5.04. The lowest BCUT2D eigenvalue weighted by molar-refractivity contribution is 0.102. The van der Waals surface area contributed by atoms with Crippen molar-refractivity contribution in [1.29, 1.82) is 0 Å². The van der Waals surface area contributed by atoms with Gasteiger partial charge in [0, 0.05) is 18.2 Å². The number of aromatic hydroxyl groups is 1. The molecule has 0 aromatic heterocycles. The molecule has 0 bridgehead atoms. The first-order valence-electron chi connectivity index (χ1n) is 12.0. The lowest BCUT2D eigenvalue weighted by Crippen LogP contribution is -2.26. The summed E-state index contributed by atoms with van der Waals surface area (Å²) >= 11 is 0. The van der Waals surface area contributed by atoms with E-state index in [4.69, 9.17) is 0 Å². The van der Waals surface area contributed by atoms with Gasteiger partial charge in [0.2, 0.25) is 0 Å². The molecule has 3 aromatic carbocycles. The third-order valence-electron chi connectivity index (χ3n) is 7.02. The Balaban J connectivity index is 1.19. The van der Waals surface area contributed by atoms with E-state index >= 15 is 0 Å². The molecule has 1 saturated carbocycles. The van der Waals surface area contributed by atoms with Gasteiger partial charge in [-0.1, -0.05) is 79.3 Å². The summed E-state index contributed by atoms with van der Waals surface area (Å²) in [6, 6.07) is 23.3. The Morgan fingerprint density at radius 3 is 2.56 bits per heavy atom. The van der Waals surface area contributed by atoms with E-state index in [1.54, 1.807) is 17.7 Å². The molecule has 3 N–H and O–H groups in total. The highest BCUT2D eigenvalue weighted by atomic mass is 16.3. The Labute approximate surface area is 201 Å². The smallest absolute Gasteiger partial charge is 0.255 e. The number of carbonyl (C=O) groups is 1. The van der Waals surface area contributed by atoms with Crippen LogP contribution in [0, 0.1) is 11.8 Å². The van der Waals surface area contributed by atoms with Crippen LogP contribution in [0.1, 0.15) is 35.7 Å². The zero-order valence-corrected chi connectivity index (χ0v) is 19.4. The largest absolute Gasteiger partial charge is 0.506 e. The fraction of sp³-hybridized carbons (Fsp3) is 0.233. The first-order chi connectivity index (χ1) is 16.6. The molecular formula is C30H30N2O2. The summed E-state index contributed by atoms with van der Waals surface area (Å²) in [6.07, 6.45) is 9.08. The number of nitrogens with one attached hydrogen (secondary N) is 2. The van der Waals surface area contributed by atoms with Crippen LogP contribution in [-0.4, -0.2) is 17.1 Å². The summed E-state index contributed by atoms with van der Waals surface area (Å²) in [5.41, 5.74) is 5.64. The molecular weight excluding hydrogens is 420 g/mol. The lowest BCUT2D eigenvalue weighted by atomic mass is 9.85. The number of amides is 1. The van der Waals surface area contributed by atoms with Gasteiger partial charge in [0.1, 0.15) is 5.75 Å². The van der Waals surface area contributed by atoms with Gasteiger partial charge in [-0.05, 0) is 65.6 Å². The Morgan fingerprint density at radius 1 is 1.00 bits per heavy atom. The molecule has 0 radical (unpaired) electrons. The third-order valence-corrected chi connectivity index (χ3v) is 7.02. The number of hydrogen-bond donors (Lipinski definition) is 3. The summed E-state index contributed by atoms with van der Waals surface area (Å²) < 4.78 is 0. The maximum Gasteiger partial charge on any atom is 0.255 e. The molecule has 2 aliphatic rings. The normalized spacial score (nSPS) is 21.1. The van der Waals surface area contributed by atoms with Gasteiger partial charge in [-0.25, -0.2) is 0 Å². The maximum absolute atomic E-state index is 12.8. The zero-order valence-electron chi connectivity index (χ0n) is 19.4. The number of rotatable bonds is 6. The molecule has 4 heteroatoms. The molecule has 4 nitrogen and oxygen atoms in total. The quantitative estimate of drug-likeness (QED) is 0.386. The Hall–Kier alpha value is -3.63. The van der Waals surface area contributed by atoms with Crippen molar-refractivity contribution in [2.75, 3.05) is 5.32 Å². The summed E-state index contributed by atoms with van der Waals surface area (Å²) in [7, 11) is 0. The van der Waals surface area contributed by atoms with Gasteiger partial charge in [-0.2, -0.15) is 0 Å². The van der Waals surface area contributed by atoms with Gasteiger partial charge in [-0.15, -0.1) is 0 Å². The molecule has 1 fully saturated rings. The highest BCUT2D eigenvalue weighted by Crippen LogP contribution is 2.39. The number of benzene rings is 3. The van der Waals surface area contributed by atoms with Gasteiger partial charge in [-0.3, -0.25) is 4.79 Å². The highest BCUT2D eigenvalue weighted by molar-refractivity contribution is 6.05. The number of phenolic OH excluding ortho intramolecular Hbond substituents is 1. The summed E-state index contributed by atoms with van der Waals surface area (Å²) in [6.45, 7) is 3.09. The number of allylic oxidation sites excluding steroid dienone is 3. The average Bonchev–Trinajstić information content (AvgIpc) is 3.29. The summed E-state index contributed by atoms with van der Waals surface area (Å²) in [5, 5.41) is 16.8. The van der Waals surface area contributed by atoms with Crippen LogP contribution in [0.3, 0.4) is 0 Å². The second-order valence-corrected chi connectivity index (χ2v) is 9.36. The predicted octanol–water partition coefficient (Wildman–Crippen LogP) is 6.31. The molecule has 0 spiro atoms. The molecule has 5 rings (SSSR count). The molecule has 1 amide bonds. The van der Waals surface area contributed by atoms with Crippen LogP contribution in [-0.2, 0) is 6.54 Å². The van der Waals surface area contributed by atoms with Crippen LogP contribution in [0.4, 0.5) is 5.69 Å². The van der Waals surface area contributed by atoms with Crippen molar-refractivity contribution in [2.24, 2.45) is 11.8 Å². The molecule has 0 saturated heterocycles. The zero-order chi connectivity index (χ0) is 23.5. The third kappa shape index (κ3) is 4.82. The van der Waals surface area contributed by atoms with Gasteiger partial charge < -0.3 is 15.7 Å². The minimum Gasteiger partial charge on any atom is -0.506 e. The molecule has 3 unspecified atom stereocenters. The Kier molecular flexibility index (Phi) is 6.33. The standard InChI is InChI=1S/C30H30N2O2/c1-20-6-5-9-25-16-26(18-27(20)25)31-19-21-10-12-23(13-11-21)30(34)32-28-17-24(14-15-29(28)33)22-7-3-2-4-8-22/h2-15,17,20,26-27,31,33H,16,18-19H2,1H3,(H,32,34). The molecule has 0 aliphatic heterocycles. The molecule has 3 atom stereocenters. The Bertz CT molecular complexity index is 1230. The van der Waals surface area contributed by atoms with E-state index in [1.807, 2.05) is 60.7 Å². The predicted molar refractivity (Wildman–Crippen MR) is 138 cm³/mol. The summed E-state index contributed by atoms with van der Waals surface area (Å²) in [4.78, 5) is 12.8. The molecule has 34 heavy (non-hydrogen) atoms. The number of fused-ring (bicyclic) bond motifs is 1. The summed E-state index contributed by atoms with van der Waals surface area (Å²) in [5.74, 6) is 1.10. The average molecular weight is 451 g/mol. The number of phenols is 1. The first-order valence-corrected chi connectivity index (χ1v) is 12.0. The van der Waals surface area contributed by atoms with Crippen molar-refractivity contribution < 1.29 is 9.90 Å². The highest BCUT2D eigenvalue weighted by Gasteiger charge is 2.32. The van der Waals surface area contributed by atoms with Gasteiger partial charge in [0.05, 0.1) is 5.69 Å². The van der Waals surface area contributed by atoms with E-state index in [0.29, 0.717) is 29.1 Å². The number of hydrogen-bond acceptors (Lipinski definition) is 3. The van der Waals surface area contributed by atoms with E-state index < -0.39 is 0 Å². The monoisotopic (exact) mass is 450 g/mol. The molecule has 172 valence electrons. The van der Waals surface area contributed by atoms with Crippen LogP contribution < -0.4 is 10.6 Å². The van der Waals surface area contributed by atoms with Crippen molar-refractivity contribution in [1.82, 2.24) is 5.32 Å². The van der Waals surface area contributed by atoms with Crippen molar-refractivity contribution >= 4 is 11.6 Å². The fourth-order valence-corrected chi connectivity index (χ4v) is 5.04. The number of carbonyl (C=O) groups excluding carboxylic acids is 1. The lowest BCUT2D eigenvalue weighted by Gasteiger charge is -2.20. The van der Waals surface area contributed by atoms with Crippen LogP contribution in [0.2, 0.25) is 0 Å². The van der Waals surface area contributed by atoms with E-state index in [2.05, 4.69) is 35.8 Å². The Morgan fingerprint density at radius 2 is 1.79 bits per heavy atom. The molecule has 0 heterocycles. The topological polar surface area (TPSA) is 61.4 Å². The van der Waals surface area contributed by atoms with Crippen LogP contribution in [0.25, 0.3) is 11.1 Å². The second kappa shape index (κ2) is 9.70. The molecule has 2 aliphatic carbocycles. The van der Waals surface area contributed by atoms with E-state index in [9.17, 15) is 9.90 Å². The van der Waals surface area contributed by atoms with Crippen LogP contribution in [0.15, 0.2) is 96.6 Å². The van der Waals surface area contributed by atoms with Crippen molar-refractivity contribution in [3.63, 3.8) is 0 Å². The van der Waals surface area contributed by atoms with E-state index in [1.165, 1.54) is 6.42 Å². The van der Waals surface area contributed by atoms with Crippen molar-refractivity contribution in [3.05, 3.63) is 108 Å². The van der Waals surface area contributed by atoms with E-state index in [-0.39, 0.29) is 11.7 Å². The minimum absolute atomic E-state index is 0.0469. The van der Waals surface area contributed by atoms with Gasteiger partial charge in [0.25, 0.3) is 5.91 Å².